The molecule has 3 N–H and O–H groups in total. The monoisotopic (exact) mass is 264 g/mol. The molecule has 1 heterocycles. The summed E-state index contributed by atoms with van der Waals surface area (Å²) in [5, 5.41) is 1.30. The maximum atomic E-state index is 6.46. The number of rotatable bonds is 2. The van der Waals surface area contributed by atoms with Gasteiger partial charge in [-0.1, -0.05) is 37.5 Å². The Morgan fingerprint density at radius 2 is 1.83 bits per heavy atom. The lowest BCUT2D eigenvalue weighted by molar-refractivity contribution is 0.309. The molecule has 98 valence electrons. The zero-order valence-corrected chi connectivity index (χ0v) is 11.4. The van der Waals surface area contributed by atoms with Gasteiger partial charge in [-0.3, -0.25) is 0 Å². The zero-order valence-electron chi connectivity index (χ0n) is 10.6. The first-order valence-corrected chi connectivity index (χ1v) is 6.68. The Labute approximate surface area is 114 Å². The van der Waals surface area contributed by atoms with Gasteiger partial charge in [-0.25, -0.2) is 0 Å². The molecule has 0 radical (unpaired) electrons. The summed E-state index contributed by atoms with van der Waals surface area (Å²) in [6.45, 7) is 0. The van der Waals surface area contributed by atoms with Crippen LogP contribution in [-0.2, 0) is 0 Å². The third-order valence-corrected chi connectivity index (χ3v) is 4.14. The summed E-state index contributed by atoms with van der Waals surface area (Å²) >= 11 is 0. The average Bonchev–Trinajstić information content (AvgIpc) is 2.83. The van der Waals surface area contributed by atoms with Crippen LogP contribution in [0.25, 0.3) is 10.9 Å². The van der Waals surface area contributed by atoms with Gasteiger partial charge in [0, 0.05) is 23.1 Å². The Kier molecular flexibility index (Phi) is 4.31. The number of benzene rings is 1. The number of hydrogen-bond donors (Lipinski definition) is 2. The van der Waals surface area contributed by atoms with Crippen LogP contribution in [0.4, 0.5) is 0 Å². The number of H-pyrrole nitrogens is 1. The van der Waals surface area contributed by atoms with Crippen molar-refractivity contribution in [2.75, 3.05) is 0 Å². The lowest BCUT2D eigenvalue weighted by Gasteiger charge is -2.27. The SMILES string of the molecule is Cl.N[C@H](c1c[nH]c2ccccc12)C1CCCCC1. The first-order valence-electron chi connectivity index (χ1n) is 6.68. The van der Waals surface area contributed by atoms with Crippen molar-refractivity contribution < 1.29 is 0 Å². The van der Waals surface area contributed by atoms with Crippen LogP contribution in [-0.4, -0.2) is 4.98 Å². The highest BCUT2D eigenvalue weighted by Crippen LogP contribution is 2.35. The van der Waals surface area contributed by atoms with Crippen LogP contribution in [0, 0.1) is 5.92 Å². The number of fused-ring (bicyclic) bond motifs is 1. The van der Waals surface area contributed by atoms with Crippen molar-refractivity contribution in [1.82, 2.24) is 4.98 Å². The fourth-order valence-corrected chi connectivity index (χ4v) is 3.12. The second kappa shape index (κ2) is 5.77. The number of aromatic nitrogens is 1. The van der Waals surface area contributed by atoms with E-state index in [9.17, 15) is 0 Å². The minimum Gasteiger partial charge on any atom is -0.361 e. The molecular formula is C15H21ClN2. The summed E-state index contributed by atoms with van der Waals surface area (Å²) in [5.41, 5.74) is 8.96. The molecular weight excluding hydrogens is 244 g/mol. The van der Waals surface area contributed by atoms with Crippen molar-refractivity contribution in [3.05, 3.63) is 36.0 Å². The van der Waals surface area contributed by atoms with Gasteiger partial charge < -0.3 is 10.7 Å². The molecule has 2 nitrogen and oxygen atoms in total. The van der Waals surface area contributed by atoms with Crippen LogP contribution in [0.1, 0.15) is 43.7 Å². The minimum atomic E-state index is 0. The molecule has 1 saturated carbocycles. The van der Waals surface area contributed by atoms with Crippen LogP contribution >= 0.6 is 12.4 Å². The standard InChI is InChI=1S/C15H20N2.ClH/c16-15(11-6-2-1-3-7-11)13-10-17-14-9-5-4-8-12(13)14;/h4-5,8-11,15,17H,1-3,6-7,16H2;1H/t15-;/m0./s1. The zero-order chi connectivity index (χ0) is 11.7. The van der Waals surface area contributed by atoms with Crippen LogP contribution in [0.2, 0.25) is 0 Å². The Balaban J connectivity index is 0.00000120. The summed E-state index contributed by atoms with van der Waals surface area (Å²) in [4.78, 5) is 3.33. The molecule has 1 aliphatic carbocycles. The molecule has 18 heavy (non-hydrogen) atoms. The van der Waals surface area contributed by atoms with Crippen molar-refractivity contribution in [2.45, 2.75) is 38.1 Å². The molecule has 0 unspecified atom stereocenters. The Morgan fingerprint density at radius 1 is 1.11 bits per heavy atom. The number of nitrogens with two attached hydrogens (primary N) is 1. The third kappa shape index (κ3) is 2.40. The molecule has 2 aromatic rings. The van der Waals surface area contributed by atoms with E-state index < -0.39 is 0 Å². The van der Waals surface area contributed by atoms with Crippen LogP contribution in [0.5, 0.6) is 0 Å². The van der Waals surface area contributed by atoms with Crippen molar-refractivity contribution in [3.63, 3.8) is 0 Å². The van der Waals surface area contributed by atoms with Crippen molar-refractivity contribution in [3.8, 4) is 0 Å². The summed E-state index contributed by atoms with van der Waals surface area (Å²) in [7, 11) is 0. The van der Waals surface area contributed by atoms with Gasteiger partial charge in [0.25, 0.3) is 0 Å². The van der Waals surface area contributed by atoms with E-state index >= 15 is 0 Å². The van der Waals surface area contributed by atoms with Crippen LogP contribution < -0.4 is 5.73 Å². The lowest BCUT2D eigenvalue weighted by Crippen LogP contribution is -2.23. The molecule has 1 aromatic heterocycles. The second-order valence-electron chi connectivity index (χ2n) is 5.21. The van der Waals surface area contributed by atoms with Gasteiger partial charge >= 0.3 is 0 Å². The van der Waals surface area contributed by atoms with Crippen molar-refractivity contribution >= 4 is 23.3 Å². The van der Waals surface area contributed by atoms with Gasteiger partial charge in [0.15, 0.2) is 0 Å². The van der Waals surface area contributed by atoms with E-state index in [4.69, 9.17) is 5.73 Å². The fraction of sp³-hybridized carbons (Fsp3) is 0.467. The van der Waals surface area contributed by atoms with Crippen molar-refractivity contribution in [1.29, 1.82) is 0 Å². The molecule has 0 bridgehead atoms. The number of para-hydroxylation sites is 1. The van der Waals surface area contributed by atoms with E-state index in [-0.39, 0.29) is 18.4 Å². The van der Waals surface area contributed by atoms with E-state index in [0.29, 0.717) is 5.92 Å². The number of nitrogens with one attached hydrogen (secondary N) is 1. The summed E-state index contributed by atoms with van der Waals surface area (Å²) in [6, 6.07) is 8.64. The van der Waals surface area contributed by atoms with E-state index in [1.165, 1.54) is 48.6 Å². The van der Waals surface area contributed by atoms with Gasteiger partial charge in [-0.15, -0.1) is 12.4 Å². The molecule has 0 amide bonds. The highest BCUT2D eigenvalue weighted by atomic mass is 35.5. The summed E-state index contributed by atoms with van der Waals surface area (Å²) in [6.07, 6.45) is 8.77. The Morgan fingerprint density at radius 3 is 2.61 bits per heavy atom. The largest absolute Gasteiger partial charge is 0.361 e. The molecule has 3 rings (SSSR count). The molecule has 0 aliphatic heterocycles. The van der Waals surface area contributed by atoms with E-state index in [1.807, 2.05) is 0 Å². The fourth-order valence-electron chi connectivity index (χ4n) is 3.12. The third-order valence-electron chi connectivity index (χ3n) is 4.14. The quantitative estimate of drug-likeness (QED) is 0.840. The summed E-state index contributed by atoms with van der Waals surface area (Å²) < 4.78 is 0. The van der Waals surface area contributed by atoms with E-state index in [0.717, 1.165) is 0 Å². The Bertz CT molecular complexity index is 500. The molecule has 1 atom stereocenters. The number of hydrogen-bond acceptors (Lipinski definition) is 1. The molecule has 1 fully saturated rings. The van der Waals surface area contributed by atoms with Gasteiger partial charge in [0.2, 0.25) is 0 Å². The van der Waals surface area contributed by atoms with Crippen LogP contribution in [0.3, 0.4) is 0 Å². The first-order chi connectivity index (χ1) is 8.36. The Hall–Kier alpha value is -0.990. The number of aromatic amines is 1. The van der Waals surface area contributed by atoms with Gasteiger partial charge in [-0.05, 0) is 30.4 Å². The smallest absolute Gasteiger partial charge is 0.0457 e. The minimum absolute atomic E-state index is 0. The first kappa shape index (κ1) is 13.4. The lowest BCUT2D eigenvalue weighted by atomic mass is 9.81. The van der Waals surface area contributed by atoms with Crippen molar-refractivity contribution in [2.24, 2.45) is 11.7 Å². The molecule has 1 aromatic carbocycles. The molecule has 1 aliphatic rings. The normalized spacial score (nSPS) is 18.5. The van der Waals surface area contributed by atoms with Gasteiger partial charge in [0.1, 0.15) is 0 Å². The predicted octanol–water partition coefficient (Wildman–Crippen LogP) is 4.17. The highest BCUT2D eigenvalue weighted by Gasteiger charge is 2.23. The number of halogens is 1. The molecule has 3 heteroatoms. The topological polar surface area (TPSA) is 41.8 Å². The maximum Gasteiger partial charge on any atom is 0.0457 e. The highest BCUT2D eigenvalue weighted by molar-refractivity contribution is 5.85. The maximum absolute atomic E-state index is 6.46. The average molecular weight is 265 g/mol. The van der Waals surface area contributed by atoms with Gasteiger partial charge in [0.05, 0.1) is 0 Å². The van der Waals surface area contributed by atoms with E-state index in [1.54, 1.807) is 0 Å². The molecule has 0 saturated heterocycles. The second-order valence-corrected chi connectivity index (χ2v) is 5.21. The molecule has 0 spiro atoms. The predicted molar refractivity (Wildman–Crippen MR) is 79.1 cm³/mol. The summed E-state index contributed by atoms with van der Waals surface area (Å²) in [5.74, 6) is 0.669. The van der Waals surface area contributed by atoms with Crippen LogP contribution in [0.15, 0.2) is 30.5 Å². The van der Waals surface area contributed by atoms with E-state index in [2.05, 4.69) is 35.4 Å². The van der Waals surface area contributed by atoms with Gasteiger partial charge in [-0.2, -0.15) is 0 Å².